The molecule has 2 amide bonds. The highest BCUT2D eigenvalue weighted by molar-refractivity contribution is 7.10. The van der Waals surface area contributed by atoms with Crippen LogP contribution in [0.3, 0.4) is 0 Å². The lowest BCUT2D eigenvalue weighted by molar-refractivity contribution is -0.136. The fraction of sp³-hybridized carbons (Fsp3) is 0.391. The Morgan fingerprint density at radius 3 is 2.77 bits per heavy atom. The van der Waals surface area contributed by atoms with Crippen LogP contribution in [0.1, 0.15) is 34.9 Å². The third-order valence-electron chi connectivity index (χ3n) is 6.09. The Balaban J connectivity index is 1.56. The molecule has 0 spiro atoms. The number of urea groups is 1. The SMILES string of the molecule is COC(=O)C1=C(CN2CCc3sccc3C2)N(C2CC2)C(=O)NC1c1ccccc1. The van der Waals surface area contributed by atoms with Crippen molar-refractivity contribution in [1.29, 1.82) is 0 Å². The van der Waals surface area contributed by atoms with Gasteiger partial charge < -0.3 is 10.1 Å². The third kappa shape index (κ3) is 3.52. The second kappa shape index (κ2) is 7.89. The van der Waals surface area contributed by atoms with Gasteiger partial charge in [-0.1, -0.05) is 30.3 Å². The fourth-order valence-electron chi connectivity index (χ4n) is 4.46. The molecule has 2 aliphatic heterocycles. The van der Waals surface area contributed by atoms with Crippen molar-refractivity contribution in [1.82, 2.24) is 15.1 Å². The summed E-state index contributed by atoms with van der Waals surface area (Å²) in [4.78, 5) is 31.7. The molecule has 1 atom stereocenters. The van der Waals surface area contributed by atoms with Crippen LogP contribution in [0, 0.1) is 0 Å². The molecule has 3 aliphatic rings. The second-order valence-corrected chi connectivity index (χ2v) is 9.08. The van der Waals surface area contributed by atoms with Crippen LogP contribution in [0.25, 0.3) is 0 Å². The lowest BCUT2D eigenvalue weighted by Crippen LogP contribution is -2.52. The zero-order valence-electron chi connectivity index (χ0n) is 17.0. The highest BCUT2D eigenvalue weighted by atomic mass is 32.1. The number of methoxy groups -OCH3 is 1. The second-order valence-electron chi connectivity index (χ2n) is 8.08. The summed E-state index contributed by atoms with van der Waals surface area (Å²) < 4.78 is 5.20. The van der Waals surface area contributed by atoms with Crippen molar-refractivity contribution >= 4 is 23.3 Å². The molecule has 0 saturated heterocycles. The Morgan fingerprint density at radius 2 is 2.03 bits per heavy atom. The van der Waals surface area contributed by atoms with Crippen LogP contribution in [0.4, 0.5) is 4.79 Å². The van der Waals surface area contributed by atoms with E-state index in [1.165, 1.54) is 17.6 Å². The van der Waals surface area contributed by atoms with Crippen LogP contribution < -0.4 is 5.32 Å². The number of hydrogen-bond donors (Lipinski definition) is 1. The van der Waals surface area contributed by atoms with Gasteiger partial charge in [0.15, 0.2) is 0 Å². The monoisotopic (exact) mass is 423 g/mol. The topological polar surface area (TPSA) is 61.9 Å². The van der Waals surface area contributed by atoms with Gasteiger partial charge >= 0.3 is 12.0 Å². The van der Waals surface area contributed by atoms with Crippen LogP contribution >= 0.6 is 11.3 Å². The van der Waals surface area contributed by atoms with Crippen LogP contribution in [0.5, 0.6) is 0 Å². The molecular weight excluding hydrogens is 398 g/mol. The first-order valence-electron chi connectivity index (χ1n) is 10.4. The highest BCUT2D eigenvalue weighted by Gasteiger charge is 2.44. The van der Waals surface area contributed by atoms with Gasteiger partial charge in [-0.05, 0) is 41.8 Å². The molecule has 6 nitrogen and oxygen atoms in total. The molecule has 30 heavy (non-hydrogen) atoms. The molecule has 1 fully saturated rings. The van der Waals surface area contributed by atoms with Gasteiger partial charge in [0, 0.05) is 36.3 Å². The molecular formula is C23H25N3O3S. The van der Waals surface area contributed by atoms with Crippen LogP contribution in [-0.4, -0.2) is 48.0 Å². The summed E-state index contributed by atoms with van der Waals surface area (Å²) in [7, 11) is 1.41. The predicted octanol–water partition coefficient (Wildman–Crippen LogP) is 3.46. The van der Waals surface area contributed by atoms with Gasteiger partial charge in [-0.25, -0.2) is 9.59 Å². The summed E-state index contributed by atoms with van der Waals surface area (Å²) in [6, 6.07) is 11.4. The number of esters is 1. The Morgan fingerprint density at radius 1 is 1.23 bits per heavy atom. The first kappa shape index (κ1) is 19.3. The Bertz CT molecular complexity index is 996. The zero-order chi connectivity index (χ0) is 20.7. The van der Waals surface area contributed by atoms with E-state index in [0.29, 0.717) is 12.1 Å². The van der Waals surface area contributed by atoms with E-state index in [-0.39, 0.29) is 18.0 Å². The normalized spacial score (nSPS) is 22.0. The van der Waals surface area contributed by atoms with E-state index in [1.807, 2.05) is 46.6 Å². The molecule has 1 aliphatic carbocycles. The smallest absolute Gasteiger partial charge is 0.338 e. The third-order valence-corrected chi connectivity index (χ3v) is 7.11. The maximum Gasteiger partial charge on any atom is 0.338 e. The van der Waals surface area contributed by atoms with Gasteiger partial charge in [0.2, 0.25) is 0 Å². The summed E-state index contributed by atoms with van der Waals surface area (Å²) in [5.41, 5.74) is 3.58. The largest absolute Gasteiger partial charge is 0.466 e. The maximum atomic E-state index is 13.1. The lowest BCUT2D eigenvalue weighted by atomic mass is 9.94. The molecule has 5 rings (SSSR count). The number of benzene rings is 1. The van der Waals surface area contributed by atoms with E-state index < -0.39 is 6.04 Å². The van der Waals surface area contributed by atoms with E-state index in [1.54, 1.807) is 0 Å². The van der Waals surface area contributed by atoms with Gasteiger partial charge in [0.05, 0.1) is 18.7 Å². The highest BCUT2D eigenvalue weighted by Crippen LogP contribution is 2.39. The molecule has 0 radical (unpaired) electrons. The van der Waals surface area contributed by atoms with E-state index in [4.69, 9.17) is 4.74 Å². The van der Waals surface area contributed by atoms with Gasteiger partial charge in [-0.15, -0.1) is 11.3 Å². The van der Waals surface area contributed by atoms with Crippen LogP contribution in [-0.2, 0) is 22.5 Å². The van der Waals surface area contributed by atoms with Crippen molar-refractivity contribution in [2.75, 3.05) is 20.2 Å². The molecule has 156 valence electrons. The number of rotatable bonds is 5. The molecule has 2 aromatic rings. The summed E-state index contributed by atoms with van der Waals surface area (Å²) >= 11 is 1.81. The predicted molar refractivity (Wildman–Crippen MR) is 115 cm³/mol. The van der Waals surface area contributed by atoms with Gasteiger partial charge in [0.1, 0.15) is 0 Å². The summed E-state index contributed by atoms with van der Waals surface area (Å²) in [6.45, 7) is 2.32. The average molecular weight is 424 g/mol. The molecule has 7 heteroatoms. The fourth-order valence-corrected chi connectivity index (χ4v) is 5.35. The Labute approximate surface area is 180 Å². The minimum absolute atomic E-state index is 0.123. The van der Waals surface area contributed by atoms with Crippen LogP contribution in [0.2, 0.25) is 0 Å². The number of carbonyl (C=O) groups is 2. The number of fused-ring (bicyclic) bond motifs is 1. The quantitative estimate of drug-likeness (QED) is 0.748. The van der Waals surface area contributed by atoms with Crippen molar-refractivity contribution < 1.29 is 14.3 Å². The van der Waals surface area contributed by atoms with Crippen molar-refractivity contribution in [3.63, 3.8) is 0 Å². The number of nitrogens with zero attached hydrogens (tertiary/aromatic N) is 2. The molecule has 1 aromatic carbocycles. The van der Waals surface area contributed by atoms with E-state index in [9.17, 15) is 9.59 Å². The first-order valence-corrected chi connectivity index (χ1v) is 11.3. The summed E-state index contributed by atoms with van der Waals surface area (Å²) in [6.07, 6.45) is 2.94. The molecule has 1 unspecified atom stereocenters. The minimum atomic E-state index is -0.502. The average Bonchev–Trinajstić information content (AvgIpc) is 3.49. The number of ether oxygens (including phenoxy) is 1. The van der Waals surface area contributed by atoms with Gasteiger partial charge in [-0.3, -0.25) is 9.80 Å². The zero-order valence-corrected chi connectivity index (χ0v) is 17.8. The van der Waals surface area contributed by atoms with Crippen molar-refractivity contribution in [2.45, 2.75) is 37.9 Å². The van der Waals surface area contributed by atoms with E-state index in [0.717, 1.165) is 43.6 Å². The van der Waals surface area contributed by atoms with Crippen molar-refractivity contribution in [2.24, 2.45) is 0 Å². The molecule has 1 saturated carbocycles. The van der Waals surface area contributed by atoms with Gasteiger partial charge in [0.25, 0.3) is 0 Å². The molecule has 1 N–H and O–H groups in total. The molecule has 3 heterocycles. The number of nitrogens with one attached hydrogen (secondary N) is 1. The number of thiophene rings is 1. The van der Waals surface area contributed by atoms with E-state index >= 15 is 0 Å². The van der Waals surface area contributed by atoms with Crippen LogP contribution in [0.15, 0.2) is 53.0 Å². The standard InChI is InChI=1S/C23H25N3O3S/c1-29-22(27)20-18(14-25-11-9-19-16(13-25)10-12-30-19)26(17-7-8-17)23(28)24-21(20)15-5-3-2-4-6-15/h2-6,10,12,17,21H,7-9,11,13-14H2,1H3,(H,24,28). The summed E-state index contributed by atoms with van der Waals surface area (Å²) in [5.74, 6) is -0.377. The number of carbonyl (C=O) groups excluding carboxylic acids is 2. The molecule has 1 aromatic heterocycles. The maximum absolute atomic E-state index is 13.1. The number of amides is 2. The first-order chi connectivity index (χ1) is 14.7. The van der Waals surface area contributed by atoms with Gasteiger partial charge in [-0.2, -0.15) is 0 Å². The van der Waals surface area contributed by atoms with E-state index in [2.05, 4.69) is 21.7 Å². The Hall–Kier alpha value is -2.64. The Kier molecular flexibility index (Phi) is 5.08. The van der Waals surface area contributed by atoms with Crippen molar-refractivity contribution in [3.8, 4) is 0 Å². The van der Waals surface area contributed by atoms with Crippen molar-refractivity contribution in [3.05, 3.63) is 69.1 Å². The summed E-state index contributed by atoms with van der Waals surface area (Å²) in [5, 5.41) is 5.20. The lowest BCUT2D eigenvalue weighted by Gasteiger charge is -2.39. The minimum Gasteiger partial charge on any atom is -0.466 e. The number of hydrogen-bond acceptors (Lipinski definition) is 5. The molecule has 0 bridgehead atoms.